The summed E-state index contributed by atoms with van der Waals surface area (Å²) in [6, 6.07) is 20.3. The Morgan fingerprint density at radius 2 is 1.67 bits per heavy atom. The van der Waals surface area contributed by atoms with Crippen molar-refractivity contribution in [2.45, 2.75) is 6.54 Å². The van der Waals surface area contributed by atoms with Crippen molar-refractivity contribution in [2.75, 3.05) is 24.2 Å². The number of anilines is 2. The minimum Gasteiger partial charge on any atom is -0.325 e. The van der Waals surface area contributed by atoms with Gasteiger partial charge in [0, 0.05) is 5.69 Å². The molecular weight excluding hydrogens is 358 g/mol. The van der Waals surface area contributed by atoms with Crippen molar-refractivity contribution in [1.82, 2.24) is 0 Å². The predicted molar refractivity (Wildman–Crippen MR) is 109 cm³/mol. The van der Waals surface area contributed by atoms with Gasteiger partial charge in [-0.1, -0.05) is 36.4 Å². The molecule has 0 saturated heterocycles. The minimum absolute atomic E-state index is 0.121. The summed E-state index contributed by atoms with van der Waals surface area (Å²) in [7, 11) is 1.98. The number of hydrogen-bond acceptors (Lipinski definition) is 3. The molecule has 3 rings (SSSR count). The summed E-state index contributed by atoms with van der Waals surface area (Å²) in [6.07, 6.45) is 0. The van der Waals surface area contributed by atoms with Crippen LogP contribution in [0.1, 0.15) is 15.2 Å². The lowest BCUT2D eigenvalue weighted by Gasteiger charge is -2.14. The summed E-state index contributed by atoms with van der Waals surface area (Å²) < 4.78 is 0. The lowest BCUT2D eigenvalue weighted by molar-refractivity contribution is -0.884. The number of para-hydroxylation sites is 2. The van der Waals surface area contributed by atoms with Gasteiger partial charge in [0.25, 0.3) is 11.8 Å². The molecule has 27 heavy (non-hydrogen) atoms. The normalized spacial score (nSPS) is 11.6. The number of thiophene rings is 1. The Labute approximate surface area is 162 Å². The second-order valence-electron chi connectivity index (χ2n) is 6.30. The van der Waals surface area contributed by atoms with Gasteiger partial charge in [-0.25, -0.2) is 0 Å². The molecule has 0 aliphatic rings. The van der Waals surface area contributed by atoms with E-state index >= 15 is 0 Å². The number of carbonyl (C=O) groups is 2. The Kier molecular flexibility index (Phi) is 6.35. The first-order valence-electron chi connectivity index (χ1n) is 8.71. The number of quaternary nitrogens is 1. The molecule has 0 bridgehead atoms. The van der Waals surface area contributed by atoms with E-state index in [0.717, 1.165) is 11.4 Å². The number of rotatable bonds is 7. The van der Waals surface area contributed by atoms with Gasteiger partial charge in [0.1, 0.15) is 6.54 Å². The lowest BCUT2D eigenvalue weighted by atomic mass is 10.1. The fourth-order valence-corrected chi connectivity index (χ4v) is 3.57. The smallest absolute Gasteiger partial charge is 0.279 e. The molecule has 5 nitrogen and oxygen atoms in total. The van der Waals surface area contributed by atoms with Gasteiger partial charge in [-0.15, -0.1) is 11.3 Å². The van der Waals surface area contributed by atoms with E-state index in [1.165, 1.54) is 4.88 Å². The molecule has 0 radical (unpaired) electrons. The Morgan fingerprint density at radius 1 is 0.926 bits per heavy atom. The number of hydrogen-bond donors (Lipinski definition) is 3. The third kappa shape index (κ3) is 5.51. The van der Waals surface area contributed by atoms with Crippen LogP contribution in [-0.4, -0.2) is 25.4 Å². The van der Waals surface area contributed by atoms with Gasteiger partial charge in [0.05, 0.1) is 23.2 Å². The summed E-state index contributed by atoms with van der Waals surface area (Å²) in [4.78, 5) is 27.3. The maximum absolute atomic E-state index is 12.6. The zero-order chi connectivity index (χ0) is 19.1. The highest BCUT2D eigenvalue weighted by atomic mass is 32.1. The summed E-state index contributed by atoms with van der Waals surface area (Å²) in [5.41, 5.74) is 1.66. The van der Waals surface area contributed by atoms with Gasteiger partial charge in [-0.2, -0.15) is 0 Å². The molecule has 1 heterocycles. The van der Waals surface area contributed by atoms with Gasteiger partial charge in [0.15, 0.2) is 6.54 Å². The van der Waals surface area contributed by atoms with Gasteiger partial charge < -0.3 is 15.5 Å². The molecular formula is C21H22N3O2S+. The standard InChI is InChI=1S/C21H21N3O2S/c1-24(14-17-10-7-13-27-17)15-20(25)23-19-12-6-5-11-18(19)21(26)22-16-8-3-2-4-9-16/h2-13H,14-15H2,1H3,(H,22,26)(H,23,25)/p+1. The molecule has 3 aromatic rings. The Hall–Kier alpha value is -2.96. The number of amides is 2. The Bertz CT molecular complexity index is 895. The monoisotopic (exact) mass is 380 g/mol. The highest BCUT2D eigenvalue weighted by Gasteiger charge is 2.16. The molecule has 0 aliphatic heterocycles. The number of nitrogens with one attached hydrogen (secondary N) is 3. The lowest BCUT2D eigenvalue weighted by Crippen LogP contribution is -3.08. The third-order valence-corrected chi connectivity index (χ3v) is 4.87. The van der Waals surface area contributed by atoms with Gasteiger partial charge in [-0.3, -0.25) is 9.59 Å². The molecule has 1 atom stereocenters. The average molecular weight is 380 g/mol. The minimum atomic E-state index is -0.253. The van der Waals surface area contributed by atoms with Crippen molar-refractivity contribution in [1.29, 1.82) is 0 Å². The highest BCUT2D eigenvalue weighted by molar-refractivity contribution is 7.09. The maximum atomic E-state index is 12.6. The largest absolute Gasteiger partial charge is 0.325 e. The van der Waals surface area contributed by atoms with Crippen LogP contribution in [0.4, 0.5) is 11.4 Å². The molecule has 0 spiro atoms. The van der Waals surface area contributed by atoms with Crippen LogP contribution in [0.2, 0.25) is 0 Å². The zero-order valence-corrected chi connectivity index (χ0v) is 15.9. The molecule has 0 fully saturated rings. The van der Waals surface area contributed by atoms with Crippen LogP contribution in [0, 0.1) is 0 Å². The molecule has 3 N–H and O–H groups in total. The van der Waals surface area contributed by atoms with E-state index < -0.39 is 0 Å². The van der Waals surface area contributed by atoms with Crippen LogP contribution in [0.3, 0.4) is 0 Å². The van der Waals surface area contributed by atoms with Gasteiger partial charge in [0.2, 0.25) is 0 Å². The molecule has 0 aliphatic carbocycles. The van der Waals surface area contributed by atoms with Crippen LogP contribution in [-0.2, 0) is 11.3 Å². The van der Waals surface area contributed by atoms with Crippen LogP contribution in [0.15, 0.2) is 72.1 Å². The van der Waals surface area contributed by atoms with E-state index in [4.69, 9.17) is 0 Å². The van der Waals surface area contributed by atoms with E-state index in [9.17, 15) is 9.59 Å². The van der Waals surface area contributed by atoms with E-state index in [1.807, 2.05) is 48.8 Å². The number of benzene rings is 2. The summed E-state index contributed by atoms with van der Waals surface area (Å²) in [6.45, 7) is 1.12. The van der Waals surface area contributed by atoms with Crippen LogP contribution in [0.25, 0.3) is 0 Å². The summed E-state index contributed by atoms with van der Waals surface area (Å²) in [5, 5.41) is 7.75. The van der Waals surface area contributed by atoms with Crippen molar-refractivity contribution >= 4 is 34.5 Å². The number of likely N-dealkylation sites (N-methyl/N-ethyl adjacent to an activating group) is 1. The SMILES string of the molecule is C[NH+](CC(=O)Nc1ccccc1C(=O)Nc1ccccc1)Cc1cccs1. The number of carbonyl (C=O) groups excluding carboxylic acids is 2. The second kappa shape index (κ2) is 9.12. The highest BCUT2D eigenvalue weighted by Crippen LogP contribution is 2.17. The predicted octanol–water partition coefficient (Wildman–Crippen LogP) is 2.65. The van der Waals surface area contributed by atoms with Crippen molar-refractivity contribution in [3.63, 3.8) is 0 Å². The van der Waals surface area contributed by atoms with Crippen molar-refractivity contribution in [3.8, 4) is 0 Å². The fourth-order valence-electron chi connectivity index (χ4n) is 2.75. The van der Waals surface area contributed by atoms with Gasteiger partial charge >= 0.3 is 0 Å². The van der Waals surface area contributed by atoms with Crippen LogP contribution < -0.4 is 15.5 Å². The molecule has 138 valence electrons. The van der Waals surface area contributed by atoms with Crippen molar-refractivity contribution < 1.29 is 14.5 Å². The van der Waals surface area contributed by atoms with Gasteiger partial charge in [-0.05, 0) is 35.7 Å². The van der Waals surface area contributed by atoms with E-state index in [-0.39, 0.29) is 11.8 Å². The average Bonchev–Trinajstić information content (AvgIpc) is 3.15. The zero-order valence-electron chi connectivity index (χ0n) is 15.1. The second-order valence-corrected chi connectivity index (χ2v) is 7.34. The van der Waals surface area contributed by atoms with Crippen LogP contribution >= 0.6 is 11.3 Å². The quantitative estimate of drug-likeness (QED) is 0.590. The first kappa shape index (κ1) is 18.8. The van der Waals surface area contributed by atoms with E-state index in [2.05, 4.69) is 16.7 Å². The molecule has 1 aromatic heterocycles. The summed E-state index contributed by atoms with van der Waals surface area (Å²) >= 11 is 1.68. The molecule has 0 saturated carbocycles. The van der Waals surface area contributed by atoms with Crippen LogP contribution in [0.5, 0.6) is 0 Å². The van der Waals surface area contributed by atoms with Crippen molar-refractivity contribution in [2.24, 2.45) is 0 Å². The van der Waals surface area contributed by atoms with E-state index in [1.54, 1.807) is 35.6 Å². The first-order valence-corrected chi connectivity index (χ1v) is 9.59. The Balaban J connectivity index is 1.63. The summed E-state index contributed by atoms with van der Waals surface area (Å²) in [5.74, 6) is -0.375. The topological polar surface area (TPSA) is 62.6 Å². The first-order chi connectivity index (χ1) is 13.1. The molecule has 2 amide bonds. The molecule has 6 heteroatoms. The molecule has 1 unspecified atom stereocenters. The third-order valence-electron chi connectivity index (χ3n) is 4.00. The fraction of sp³-hybridized carbons (Fsp3) is 0.143. The van der Waals surface area contributed by atoms with Crippen molar-refractivity contribution in [3.05, 3.63) is 82.6 Å². The maximum Gasteiger partial charge on any atom is 0.279 e. The molecule has 2 aromatic carbocycles. The van der Waals surface area contributed by atoms with E-state index in [0.29, 0.717) is 23.5 Å². The Morgan fingerprint density at radius 3 is 2.41 bits per heavy atom.